The van der Waals surface area contributed by atoms with Crippen LogP contribution in [0.5, 0.6) is 11.5 Å². The third kappa shape index (κ3) is 6.94. The molecule has 0 saturated carbocycles. The van der Waals surface area contributed by atoms with Gasteiger partial charge in [0.15, 0.2) is 11.5 Å². The molecule has 0 atom stereocenters. The number of benzene rings is 1. The molecule has 0 aliphatic carbocycles. The summed E-state index contributed by atoms with van der Waals surface area (Å²) in [6.45, 7) is 4.84. The summed E-state index contributed by atoms with van der Waals surface area (Å²) in [7, 11) is 1.53. The quantitative estimate of drug-likeness (QED) is 0.642. The number of hydrazine groups is 1. The van der Waals surface area contributed by atoms with E-state index in [9.17, 15) is 9.59 Å². The minimum Gasteiger partial charge on any atom is -0.493 e. The second kappa shape index (κ2) is 10.6. The van der Waals surface area contributed by atoms with E-state index in [1.807, 2.05) is 17.5 Å². The van der Waals surface area contributed by atoms with Gasteiger partial charge in [-0.25, -0.2) is 0 Å². The van der Waals surface area contributed by atoms with Gasteiger partial charge in [-0.2, -0.15) is 0 Å². The summed E-state index contributed by atoms with van der Waals surface area (Å²) in [6.07, 6.45) is 1.89. The van der Waals surface area contributed by atoms with Crippen LogP contribution in [0, 0.1) is 5.92 Å². The van der Waals surface area contributed by atoms with Gasteiger partial charge in [-0.15, -0.1) is 11.3 Å². The highest BCUT2D eigenvalue weighted by Gasteiger charge is 2.12. The van der Waals surface area contributed by atoms with E-state index in [1.54, 1.807) is 29.5 Å². The maximum atomic E-state index is 12.2. The summed E-state index contributed by atoms with van der Waals surface area (Å²) >= 11 is 1.61. The van der Waals surface area contributed by atoms with Crippen molar-refractivity contribution in [3.63, 3.8) is 0 Å². The molecule has 146 valence electrons. The largest absolute Gasteiger partial charge is 0.493 e. The summed E-state index contributed by atoms with van der Waals surface area (Å²) in [5.74, 6) is 0.971. The van der Waals surface area contributed by atoms with E-state index in [1.165, 1.54) is 7.11 Å². The average molecular weight is 391 g/mol. The van der Waals surface area contributed by atoms with Gasteiger partial charge in [-0.3, -0.25) is 20.4 Å². The Morgan fingerprint density at radius 3 is 2.63 bits per heavy atom. The van der Waals surface area contributed by atoms with Crippen molar-refractivity contribution in [1.82, 2.24) is 10.9 Å². The van der Waals surface area contributed by atoms with Crippen LogP contribution in [-0.2, 0) is 11.2 Å². The van der Waals surface area contributed by atoms with Crippen LogP contribution < -0.4 is 20.3 Å². The SMILES string of the molecule is COc1cc(C(=O)NNC(=O)CCc2cccs2)ccc1OCCC(C)C. The molecule has 0 radical (unpaired) electrons. The van der Waals surface area contributed by atoms with E-state index in [4.69, 9.17) is 9.47 Å². The lowest BCUT2D eigenvalue weighted by Crippen LogP contribution is -2.41. The molecule has 0 aliphatic rings. The first-order valence-corrected chi connectivity index (χ1v) is 9.80. The summed E-state index contributed by atoms with van der Waals surface area (Å²) in [4.78, 5) is 25.2. The summed E-state index contributed by atoms with van der Waals surface area (Å²) in [5, 5.41) is 1.97. The zero-order valence-corrected chi connectivity index (χ0v) is 16.7. The van der Waals surface area contributed by atoms with Crippen LogP contribution >= 0.6 is 11.3 Å². The molecule has 0 spiro atoms. The standard InChI is InChI=1S/C20H26N2O4S/c1-14(2)10-11-26-17-8-6-15(13-18(17)25-3)20(24)22-21-19(23)9-7-16-5-4-12-27-16/h4-6,8,12-14H,7,9-11H2,1-3H3,(H,21,23)(H,22,24). The molecular weight excluding hydrogens is 364 g/mol. The Bertz CT molecular complexity index is 744. The van der Waals surface area contributed by atoms with Crippen molar-refractivity contribution in [2.75, 3.05) is 13.7 Å². The number of thiophene rings is 1. The third-order valence-corrected chi connectivity index (χ3v) is 4.81. The van der Waals surface area contributed by atoms with Crippen LogP contribution in [0.2, 0.25) is 0 Å². The van der Waals surface area contributed by atoms with Crippen LogP contribution in [0.3, 0.4) is 0 Å². The Balaban J connectivity index is 1.84. The second-order valence-corrected chi connectivity index (χ2v) is 7.51. The first kappa shape index (κ1) is 20.8. The Hall–Kier alpha value is -2.54. The number of carbonyl (C=O) groups excluding carboxylic acids is 2. The Kier molecular flexibility index (Phi) is 8.13. The van der Waals surface area contributed by atoms with Gasteiger partial charge < -0.3 is 9.47 Å². The first-order chi connectivity index (χ1) is 13.0. The summed E-state index contributed by atoms with van der Waals surface area (Å²) in [6, 6.07) is 8.86. The molecule has 2 N–H and O–H groups in total. The minimum absolute atomic E-state index is 0.239. The molecule has 1 heterocycles. The van der Waals surface area contributed by atoms with Crippen LogP contribution in [-0.4, -0.2) is 25.5 Å². The molecule has 2 amide bonds. The third-order valence-electron chi connectivity index (χ3n) is 3.87. The second-order valence-electron chi connectivity index (χ2n) is 6.48. The number of methoxy groups -OCH3 is 1. The average Bonchev–Trinajstić information content (AvgIpc) is 3.18. The van der Waals surface area contributed by atoms with Crippen molar-refractivity contribution < 1.29 is 19.1 Å². The predicted octanol–water partition coefficient (Wildman–Crippen LogP) is 3.58. The number of hydrogen-bond donors (Lipinski definition) is 2. The van der Waals surface area contributed by atoms with Gasteiger partial charge in [0.05, 0.1) is 13.7 Å². The molecular formula is C20H26N2O4S. The van der Waals surface area contributed by atoms with E-state index in [-0.39, 0.29) is 5.91 Å². The molecule has 6 nitrogen and oxygen atoms in total. The van der Waals surface area contributed by atoms with Crippen molar-refractivity contribution in [1.29, 1.82) is 0 Å². The molecule has 0 bridgehead atoms. The zero-order chi connectivity index (χ0) is 19.6. The lowest BCUT2D eigenvalue weighted by Gasteiger charge is -2.13. The van der Waals surface area contributed by atoms with E-state index in [0.29, 0.717) is 42.4 Å². The molecule has 27 heavy (non-hydrogen) atoms. The van der Waals surface area contributed by atoms with Crippen LogP contribution in [0.1, 0.15) is 41.9 Å². The highest BCUT2D eigenvalue weighted by atomic mass is 32.1. The van der Waals surface area contributed by atoms with E-state index < -0.39 is 5.91 Å². The Morgan fingerprint density at radius 1 is 1.15 bits per heavy atom. The summed E-state index contributed by atoms with van der Waals surface area (Å²) in [5.41, 5.74) is 5.24. The molecule has 2 rings (SSSR count). The maximum absolute atomic E-state index is 12.2. The smallest absolute Gasteiger partial charge is 0.269 e. The van der Waals surface area contributed by atoms with Gasteiger partial charge in [0, 0.05) is 16.9 Å². The highest BCUT2D eigenvalue weighted by Crippen LogP contribution is 2.28. The van der Waals surface area contributed by atoms with Gasteiger partial charge in [0.25, 0.3) is 5.91 Å². The molecule has 0 unspecified atom stereocenters. The molecule has 7 heteroatoms. The number of amides is 2. The fourth-order valence-electron chi connectivity index (χ4n) is 2.29. The van der Waals surface area contributed by atoms with Crippen LogP contribution in [0.15, 0.2) is 35.7 Å². The number of carbonyl (C=O) groups is 2. The van der Waals surface area contributed by atoms with E-state index >= 15 is 0 Å². The number of hydrogen-bond acceptors (Lipinski definition) is 5. The van der Waals surface area contributed by atoms with Crippen molar-refractivity contribution in [3.8, 4) is 11.5 Å². The van der Waals surface area contributed by atoms with Crippen molar-refractivity contribution in [3.05, 3.63) is 46.2 Å². The number of ether oxygens (including phenoxy) is 2. The molecule has 0 fully saturated rings. The monoisotopic (exact) mass is 390 g/mol. The van der Waals surface area contributed by atoms with Gasteiger partial charge in [0.1, 0.15) is 0 Å². The minimum atomic E-state index is -0.411. The maximum Gasteiger partial charge on any atom is 0.269 e. The highest BCUT2D eigenvalue weighted by molar-refractivity contribution is 7.09. The van der Waals surface area contributed by atoms with Crippen LogP contribution in [0.4, 0.5) is 0 Å². The van der Waals surface area contributed by atoms with Crippen molar-refractivity contribution >= 4 is 23.2 Å². The van der Waals surface area contributed by atoms with E-state index in [2.05, 4.69) is 24.7 Å². The van der Waals surface area contributed by atoms with Crippen molar-refractivity contribution in [2.24, 2.45) is 5.92 Å². The first-order valence-electron chi connectivity index (χ1n) is 8.92. The molecule has 0 saturated heterocycles. The fraction of sp³-hybridized carbons (Fsp3) is 0.400. The molecule has 2 aromatic rings. The van der Waals surface area contributed by atoms with Crippen molar-refractivity contribution in [2.45, 2.75) is 33.1 Å². The van der Waals surface area contributed by atoms with Gasteiger partial charge in [0.2, 0.25) is 5.91 Å². The Morgan fingerprint density at radius 2 is 1.96 bits per heavy atom. The van der Waals surface area contributed by atoms with Crippen LogP contribution in [0.25, 0.3) is 0 Å². The molecule has 1 aromatic heterocycles. The zero-order valence-electron chi connectivity index (χ0n) is 15.9. The number of nitrogens with one attached hydrogen (secondary N) is 2. The molecule has 1 aromatic carbocycles. The fourth-order valence-corrected chi connectivity index (χ4v) is 2.99. The van der Waals surface area contributed by atoms with Gasteiger partial charge >= 0.3 is 0 Å². The number of rotatable bonds is 9. The predicted molar refractivity (Wildman–Crippen MR) is 106 cm³/mol. The van der Waals surface area contributed by atoms with Gasteiger partial charge in [-0.1, -0.05) is 19.9 Å². The lowest BCUT2D eigenvalue weighted by atomic mass is 10.1. The topological polar surface area (TPSA) is 76.7 Å². The number of aryl methyl sites for hydroxylation is 1. The molecule has 0 aliphatic heterocycles. The van der Waals surface area contributed by atoms with Gasteiger partial charge in [-0.05, 0) is 48.4 Å². The van der Waals surface area contributed by atoms with E-state index in [0.717, 1.165) is 11.3 Å². The Labute approximate surface area is 163 Å². The lowest BCUT2D eigenvalue weighted by molar-refractivity contribution is -0.121. The summed E-state index contributed by atoms with van der Waals surface area (Å²) < 4.78 is 11.0. The normalized spacial score (nSPS) is 10.5.